The molecule has 0 bridgehead atoms. The SMILES string of the molecule is CCCCCCCC=CC(=O)C=CCCCCCC(C=O)(CC)CC. The first-order chi connectivity index (χ1) is 12.1. The summed E-state index contributed by atoms with van der Waals surface area (Å²) in [5, 5.41) is 0. The predicted octanol–water partition coefficient (Wildman–Crippen LogP) is 6.98. The second-order valence-corrected chi connectivity index (χ2v) is 7.20. The number of ketones is 1. The van der Waals surface area contributed by atoms with Crippen molar-refractivity contribution >= 4 is 12.1 Å². The quantitative estimate of drug-likeness (QED) is 0.161. The molecule has 0 saturated heterocycles. The van der Waals surface area contributed by atoms with Crippen molar-refractivity contribution in [3.8, 4) is 0 Å². The van der Waals surface area contributed by atoms with Crippen LogP contribution < -0.4 is 0 Å². The highest BCUT2D eigenvalue weighted by Gasteiger charge is 2.24. The molecule has 0 heterocycles. The van der Waals surface area contributed by atoms with Crippen LogP contribution in [0.2, 0.25) is 0 Å². The van der Waals surface area contributed by atoms with Crippen molar-refractivity contribution in [2.24, 2.45) is 5.41 Å². The Morgan fingerprint density at radius 2 is 1.28 bits per heavy atom. The maximum Gasteiger partial charge on any atom is 0.177 e. The van der Waals surface area contributed by atoms with Crippen LogP contribution in [0.3, 0.4) is 0 Å². The van der Waals surface area contributed by atoms with Crippen molar-refractivity contribution in [1.82, 2.24) is 0 Å². The summed E-state index contributed by atoms with van der Waals surface area (Å²) in [6.07, 6.45) is 23.0. The van der Waals surface area contributed by atoms with Crippen molar-refractivity contribution in [3.63, 3.8) is 0 Å². The molecule has 0 aromatic carbocycles. The average molecular weight is 349 g/mol. The molecule has 0 atom stereocenters. The maximum absolute atomic E-state index is 11.7. The van der Waals surface area contributed by atoms with Crippen LogP contribution in [0.4, 0.5) is 0 Å². The van der Waals surface area contributed by atoms with Gasteiger partial charge in [-0.3, -0.25) is 4.79 Å². The summed E-state index contributed by atoms with van der Waals surface area (Å²) < 4.78 is 0. The van der Waals surface area contributed by atoms with Crippen LogP contribution in [0.25, 0.3) is 0 Å². The molecule has 0 saturated carbocycles. The zero-order valence-electron chi connectivity index (χ0n) is 16.9. The van der Waals surface area contributed by atoms with E-state index in [-0.39, 0.29) is 11.2 Å². The molecule has 0 aliphatic carbocycles. The molecule has 0 aromatic heterocycles. The van der Waals surface area contributed by atoms with Crippen LogP contribution in [0.1, 0.15) is 104 Å². The molecule has 0 aromatic rings. The van der Waals surface area contributed by atoms with Crippen molar-refractivity contribution in [2.45, 2.75) is 104 Å². The second-order valence-electron chi connectivity index (χ2n) is 7.20. The van der Waals surface area contributed by atoms with Crippen LogP contribution in [-0.2, 0) is 9.59 Å². The second kappa shape index (κ2) is 16.3. The van der Waals surface area contributed by atoms with E-state index in [1.54, 1.807) is 12.2 Å². The van der Waals surface area contributed by atoms with E-state index in [0.717, 1.165) is 57.7 Å². The lowest BCUT2D eigenvalue weighted by atomic mass is 9.79. The Morgan fingerprint density at radius 1 is 0.760 bits per heavy atom. The summed E-state index contributed by atoms with van der Waals surface area (Å²) in [4.78, 5) is 23.0. The molecule has 0 unspecified atom stereocenters. The molecule has 25 heavy (non-hydrogen) atoms. The van der Waals surface area contributed by atoms with Crippen molar-refractivity contribution < 1.29 is 9.59 Å². The van der Waals surface area contributed by atoms with Gasteiger partial charge in [0.1, 0.15) is 6.29 Å². The number of aldehydes is 1. The van der Waals surface area contributed by atoms with Gasteiger partial charge < -0.3 is 4.79 Å². The van der Waals surface area contributed by atoms with Gasteiger partial charge in [-0.1, -0.05) is 71.4 Å². The highest BCUT2D eigenvalue weighted by Crippen LogP contribution is 2.30. The average Bonchev–Trinajstić information content (AvgIpc) is 2.64. The molecule has 0 radical (unpaired) electrons. The van der Waals surface area contributed by atoms with Gasteiger partial charge in [0.05, 0.1) is 0 Å². The van der Waals surface area contributed by atoms with Gasteiger partial charge in [0, 0.05) is 5.41 Å². The van der Waals surface area contributed by atoms with Gasteiger partial charge in [0.25, 0.3) is 0 Å². The first-order valence-electron chi connectivity index (χ1n) is 10.5. The molecule has 0 aliphatic rings. The fourth-order valence-corrected chi connectivity index (χ4v) is 3.07. The largest absolute Gasteiger partial charge is 0.303 e. The zero-order chi connectivity index (χ0) is 18.8. The van der Waals surface area contributed by atoms with Gasteiger partial charge in [0.2, 0.25) is 0 Å². The van der Waals surface area contributed by atoms with Crippen LogP contribution in [0, 0.1) is 5.41 Å². The van der Waals surface area contributed by atoms with E-state index in [9.17, 15) is 9.59 Å². The summed E-state index contributed by atoms with van der Waals surface area (Å²) in [6.45, 7) is 6.43. The number of allylic oxidation sites excluding steroid dienone is 4. The molecule has 0 aliphatic heterocycles. The summed E-state index contributed by atoms with van der Waals surface area (Å²) in [5.74, 6) is 0.102. The lowest BCUT2D eigenvalue weighted by molar-refractivity contribution is -0.117. The highest BCUT2D eigenvalue weighted by molar-refractivity contribution is 5.99. The van der Waals surface area contributed by atoms with Gasteiger partial charge in [-0.25, -0.2) is 0 Å². The monoisotopic (exact) mass is 348 g/mol. The Kier molecular flexibility index (Phi) is 15.5. The number of hydrogen-bond donors (Lipinski definition) is 0. The smallest absolute Gasteiger partial charge is 0.177 e. The van der Waals surface area contributed by atoms with Gasteiger partial charge in [-0.2, -0.15) is 0 Å². The molecular weight excluding hydrogens is 308 g/mol. The zero-order valence-corrected chi connectivity index (χ0v) is 16.9. The summed E-state index contributed by atoms with van der Waals surface area (Å²) in [5.41, 5.74) is -0.104. The van der Waals surface area contributed by atoms with Crippen LogP contribution in [0.15, 0.2) is 24.3 Å². The van der Waals surface area contributed by atoms with E-state index >= 15 is 0 Å². The summed E-state index contributed by atoms with van der Waals surface area (Å²) >= 11 is 0. The molecule has 0 rings (SSSR count). The van der Waals surface area contributed by atoms with Crippen molar-refractivity contribution in [1.29, 1.82) is 0 Å². The van der Waals surface area contributed by atoms with E-state index in [2.05, 4.69) is 20.8 Å². The minimum Gasteiger partial charge on any atom is -0.303 e. The molecule has 0 fully saturated rings. The van der Waals surface area contributed by atoms with Crippen LogP contribution in [-0.4, -0.2) is 12.1 Å². The maximum atomic E-state index is 11.7. The molecule has 144 valence electrons. The van der Waals surface area contributed by atoms with Crippen LogP contribution >= 0.6 is 0 Å². The third-order valence-corrected chi connectivity index (χ3v) is 5.24. The van der Waals surface area contributed by atoms with Gasteiger partial charge in [0.15, 0.2) is 5.78 Å². The minimum absolute atomic E-state index is 0.102. The number of carbonyl (C=O) groups is 2. The first kappa shape index (κ1) is 23.8. The third kappa shape index (κ3) is 12.8. The minimum atomic E-state index is -0.104. The molecule has 2 nitrogen and oxygen atoms in total. The third-order valence-electron chi connectivity index (χ3n) is 5.24. The fraction of sp³-hybridized carbons (Fsp3) is 0.739. The normalized spacial score (nSPS) is 12.3. The highest BCUT2D eigenvalue weighted by atomic mass is 16.1. The summed E-state index contributed by atoms with van der Waals surface area (Å²) in [6, 6.07) is 0. The number of unbranched alkanes of at least 4 members (excludes halogenated alkanes) is 8. The lowest BCUT2D eigenvalue weighted by Gasteiger charge is -2.24. The van der Waals surface area contributed by atoms with Gasteiger partial charge in [-0.15, -0.1) is 0 Å². The lowest BCUT2D eigenvalue weighted by Crippen LogP contribution is -2.20. The molecule has 2 heteroatoms. The van der Waals surface area contributed by atoms with E-state index in [4.69, 9.17) is 0 Å². The number of carbonyl (C=O) groups excluding carboxylic acids is 2. The van der Waals surface area contributed by atoms with Crippen LogP contribution in [0.5, 0.6) is 0 Å². The molecular formula is C23H40O2. The molecule has 0 amide bonds. The molecule has 0 N–H and O–H groups in total. The van der Waals surface area contributed by atoms with E-state index in [1.165, 1.54) is 32.1 Å². The predicted molar refractivity (Wildman–Crippen MR) is 109 cm³/mol. The Bertz CT molecular complexity index is 389. The van der Waals surface area contributed by atoms with E-state index in [0.29, 0.717) is 0 Å². The Balaban J connectivity index is 3.70. The first-order valence-corrected chi connectivity index (χ1v) is 10.5. The number of hydrogen-bond acceptors (Lipinski definition) is 2. The number of rotatable bonds is 17. The Labute approximate surface area is 156 Å². The van der Waals surface area contributed by atoms with Crippen molar-refractivity contribution in [2.75, 3.05) is 0 Å². The van der Waals surface area contributed by atoms with Gasteiger partial charge in [-0.05, 0) is 57.1 Å². The van der Waals surface area contributed by atoms with Gasteiger partial charge >= 0.3 is 0 Å². The Morgan fingerprint density at radius 3 is 1.76 bits per heavy atom. The standard InChI is InChI=1S/C23H40O2/c1-4-7-8-9-10-12-15-18-22(25)19-16-13-11-14-17-20-23(5-2,6-3)21-24/h15-16,18-19,21H,4-14,17,20H2,1-3H3. The molecule has 0 spiro atoms. The van der Waals surface area contributed by atoms with E-state index < -0.39 is 0 Å². The topological polar surface area (TPSA) is 34.1 Å². The van der Waals surface area contributed by atoms with Crippen molar-refractivity contribution in [3.05, 3.63) is 24.3 Å². The Hall–Kier alpha value is -1.18. The van der Waals surface area contributed by atoms with E-state index in [1.807, 2.05) is 12.2 Å². The fourth-order valence-electron chi connectivity index (χ4n) is 3.07. The summed E-state index contributed by atoms with van der Waals surface area (Å²) in [7, 11) is 0.